The highest BCUT2D eigenvalue weighted by molar-refractivity contribution is 5.77. The van der Waals surface area contributed by atoms with Crippen molar-refractivity contribution in [3.05, 3.63) is 23.9 Å². The topological polar surface area (TPSA) is 70.5 Å². The molecule has 0 unspecified atom stereocenters. The first-order valence-corrected chi connectivity index (χ1v) is 5.37. The molecule has 1 aromatic heterocycles. The summed E-state index contributed by atoms with van der Waals surface area (Å²) in [4.78, 5) is 0. The van der Waals surface area contributed by atoms with Gasteiger partial charge in [0.2, 0.25) is 5.88 Å². The molecule has 1 aliphatic rings. The van der Waals surface area contributed by atoms with Crippen LogP contribution in [0.15, 0.2) is 22.9 Å². The minimum Gasteiger partial charge on any atom is -0.486 e. The number of rotatable bonds is 1. The summed E-state index contributed by atoms with van der Waals surface area (Å²) in [7, 11) is 0. The molecule has 3 rings (SSSR count). The lowest BCUT2D eigenvalue weighted by molar-refractivity contribution is 0.170. The van der Waals surface area contributed by atoms with E-state index in [0.717, 1.165) is 28.2 Å². The highest BCUT2D eigenvalue weighted by atomic mass is 16.6. The van der Waals surface area contributed by atoms with E-state index in [1.165, 1.54) is 0 Å². The highest BCUT2D eigenvalue weighted by Crippen LogP contribution is 2.40. The van der Waals surface area contributed by atoms with E-state index in [9.17, 15) is 0 Å². The summed E-state index contributed by atoms with van der Waals surface area (Å²) in [6, 6.07) is 3.81. The fourth-order valence-electron chi connectivity index (χ4n) is 2.00. The molecule has 0 saturated carbocycles. The average molecular weight is 232 g/mol. The number of hydrogen-bond donors (Lipinski definition) is 1. The van der Waals surface area contributed by atoms with Crippen LogP contribution in [0.1, 0.15) is 5.56 Å². The first-order chi connectivity index (χ1) is 8.27. The molecule has 0 aliphatic carbocycles. The number of aromatic nitrogens is 1. The minimum absolute atomic E-state index is 0.310. The normalized spacial score (nSPS) is 13.7. The molecule has 0 amide bonds. The first kappa shape index (κ1) is 10.0. The molecule has 0 spiro atoms. The minimum atomic E-state index is 0.310. The van der Waals surface area contributed by atoms with E-state index < -0.39 is 0 Å². The van der Waals surface area contributed by atoms with Crippen molar-refractivity contribution in [2.24, 2.45) is 0 Å². The molecule has 17 heavy (non-hydrogen) atoms. The summed E-state index contributed by atoms with van der Waals surface area (Å²) in [5.74, 6) is 1.85. The van der Waals surface area contributed by atoms with Gasteiger partial charge in [0.25, 0.3) is 0 Å². The van der Waals surface area contributed by atoms with Crippen molar-refractivity contribution >= 4 is 5.88 Å². The molecule has 1 aromatic carbocycles. The molecule has 2 heterocycles. The van der Waals surface area contributed by atoms with E-state index >= 15 is 0 Å². The van der Waals surface area contributed by atoms with Crippen LogP contribution in [0, 0.1) is 6.92 Å². The third kappa shape index (κ3) is 1.51. The van der Waals surface area contributed by atoms with Crippen LogP contribution in [0.25, 0.3) is 11.1 Å². The zero-order valence-electron chi connectivity index (χ0n) is 9.40. The van der Waals surface area contributed by atoms with Crippen LogP contribution < -0.4 is 15.2 Å². The van der Waals surface area contributed by atoms with Crippen LogP contribution in [-0.2, 0) is 0 Å². The Morgan fingerprint density at radius 1 is 1.18 bits per heavy atom. The molecule has 0 fully saturated rings. The van der Waals surface area contributed by atoms with Crippen LogP contribution in [0.4, 0.5) is 5.88 Å². The second-order valence-corrected chi connectivity index (χ2v) is 3.87. The maximum absolute atomic E-state index is 5.72. The molecule has 5 nitrogen and oxygen atoms in total. The van der Waals surface area contributed by atoms with Crippen molar-refractivity contribution in [2.75, 3.05) is 18.9 Å². The molecule has 0 atom stereocenters. The summed E-state index contributed by atoms with van der Waals surface area (Å²) >= 11 is 0. The molecule has 5 heteroatoms. The number of nitrogen functional groups attached to an aromatic ring is 1. The number of hydrogen-bond acceptors (Lipinski definition) is 5. The van der Waals surface area contributed by atoms with Gasteiger partial charge in [-0.15, -0.1) is 0 Å². The molecule has 2 N–H and O–H groups in total. The van der Waals surface area contributed by atoms with Crippen molar-refractivity contribution in [1.29, 1.82) is 0 Å². The van der Waals surface area contributed by atoms with Gasteiger partial charge in [0.1, 0.15) is 13.2 Å². The zero-order chi connectivity index (χ0) is 11.8. The van der Waals surface area contributed by atoms with E-state index in [1.807, 2.05) is 19.1 Å². The van der Waals surface area contributed by atoms with E-state index in [4.69, 9.17) is 19.7 Å². The molecule has 2 aromatic rings. The molecule has 0 radical (unpaired) electrons. The second kappa shape index (κ2) is 3.69. The van der Waals surface area contributed by atoms with Gasteiger partial charge in [-0.2, -0.15) is 0 Å². The van der Waals surface area contributed by atoms with Crippen molar-refractivity contribution < 1.29 is 14.0 Å². The van der Waals surface area contributed by atoms with Gasteiger partial charge in [-0.05, 0) is 24.6 Å². The molecule has 1 aliphatic heterocycles. The van der Waals surface area contributed by atoms with E-state index in [2.05, 4.69) is 5.16 Å². The Bertz CT molecular complexity index is 563. The van der Waals surface area contributed by atoms with Gasteiger partial charge < -0.3 is 19.7 Å². The van der Waals surface area contributed by atoms with Crippen molar-refractivity contribution in [3.8, 4) is 22.6 Å². The third-order valence-corrected chi connectivity index (χ3v) is 2.85. The average Bonchev–Trinajstić information content (AvgIpc) is 2.76. The third-order valence-electron chi connectivity index (χ3n) is 2.85. The molecule has 0 saturated heterocycles. The Hall–Kier alpha value is -2.17. The SMILES string of the molecule is Cc1c(-c2cnoc2N)ccc2c1OCCO2. The van der Waals surface area contributed by atoms with Crippen LogP contribution in [-0.4, -0.2) is 18.4 Å². The molecule has 88 valence electrons. The number of anilines is 1. The Kier molecular flexibility index (Phi) is 2.18. The monoisotopic (exact) mass is 232 g/mol. The van der Waals surface area contributed by atoms with Gasteiger partial charge in [0, 0.05) is 5.56 Å². The van der Waals surface area contributed by atoms with E-state index in [1.54, 1.807) is 6.20 Å². The predicted molar refractivity (Wildman–Crippen MR) is 62.1 cm³/mol. The lowest BCUT2D eigenvalue weighted by Crippen LogP contribution is -2.16. The van der Waals surface area contributed by atoms with Crippen LogP contribution >= 0.6 is 0 Å². The predicted octanol–water partition coefficient (Wildman–Crippen LogP) is 2.00. The fraction of sp³-hybridized carbons (Fsp3) is 0.250. The van der Waals surface area contributed by atoms with Crippen molar-refractivity contribution in [1.82, 2.24) is 5.16 Å². The lowest BCUT2D eigenvalue weighted by Gasteiger charge is -2.21. The zero-order valence-corrected chi connectivity index (χ0v) is 9.40. The van der Waals surface area contributed by atoms with Gasteiger partial charge in [-0.25, -0.2) is 0 Å². The lowest BCUT2D eigenvalue weighted by atomic mass is 10.0. The summed E-state index contributed by atoms with van der Waals surface area (Å²) < 4.78 is 16.0. The fourth-order valence-corrected chi connectivity index (χ4v) is 2.00. The molecule has 0 bridgehead atoms. The van der Waals surface area contributed by atoms with Crippen LogP contribution in [0.3, 0.4) is 0 Å². The maximum Gasteiger partial charge on any atom is 0.229 e. The molecular formula is C12H12N2O3. The van der Waals surface area contributed by atoms with Gasteiger partial charge in [0.05, 0.1) is 11.8 Å². The van der Waals surface area contributed by atoms with Gasteiger partial charge >= 0.3 is 0 Å². The number of benzene rings is 1. The summed E-state index contributed by atoms with van der Waals surface area (Å²) in [5, 5.41) is 3.68. The largest absolute Gasteiger partial charge is 0.486 e. The maximum atomic E-state index is 5.72. The Morgan fingerprint density at radius 2 is 2.00 bits per heavy atom. The van der Waals surface area contributed by atoms with E-state index in [-0.39, 0.29) is 0 Å². The number of fused-ring (bicyclic) bond motifs is 1. The summed E-state index contributed by atoms with van der Waals surface area (Å²) in [6.45, 7) is 3.12. The van der Waals surface area contributed by atoms with Gasteiger partial charge in [-0.1, -0.05) is 5.16 Å². The molecular weight excluding hydrogens is 220 g/mol. The highest BCUT2D eigenvalue weighted by Gasteiger charge is 2.19. The number of nitrogens with zero attached hydrogens (tertiary/aromatic N) is 1. The number of ether oxygens (including phenoxy) is 2. The second-order valence-electron chi connectivity index (χ2n) is 3.87. The smallest absolute Gasteiger partial charge is 0.229 e. The standard InChI is InChI=1S/C12H12N2O3/c1-7-8(9-6-14-17-12(9)13)2-3-10-11(7)16-5-4-15-10/h2-3,6H,4-5,13H2,1H3. The van der Waals surface area contributed by atoms with E-state index in [0.29, 0.717) is 19.1 Å². The van der Waals surface area contributed by atoms with Crippen LogP contribution in [0.5, 0.6) is 11.5 Å². The van der Waals surface area contributed by atoms with Crippen molar-refractivity contribution in [3.63, 3.8) is 0 Å². The first-order valence-electron chi connectivity index (χ1n) is 5.37. The Labute approximate surface area is 98.1 Å². The van der Waals surface area contributed by atoms with Gasteiger partial charge in [-0.3, -0.25) is 0 Å². The quantitative estimate of drug-likeness (QED) is 0.814. The summed E-state index contributed by atoms with van der Waals surface area (Å²) in [6.07, 6.45) is 1.60. The summed E-state index contributed by atoms with van der Waals surface area (Å²) in [5.41, 5.74) is 8.43. The Balaban J connectivity index is 2.16. The van der Waals surface area contributed by atoms with Gasteiger partial charge in [0.15, 0.2) is 11.5 Å². The number of nitrogens with two attached hydrogens (primary N) is 1. The van der Waals surface area contributed by atoms with Crippen molar-refractivity contribution in [2.45, 2.75) is 6.92 Å². The van der Waals surface area contributed by atoms with Crippen LogP contribution in [0.2, 0.25) is 0 Å². The Morgan fingerprint density at radius 3 is 2.76 bits per heavy atom.